The molecule has 0 aliphatic carbocycles. The number of alkyl halides is 3. The third kappa shape index (κ3) is 2.81. The summed E-state index contributed by atoms with van der Waals surface area (Å²) in [5.74, 6) is 0.205. The minimum absolute atomic E-state index is 0.0201. The van der Waals surface area contributed by atoms with E-state index in [9.17, 15) is 13.2 Å². The highest BCUT2D eigenvalue weighted by Gasteiger charge is 2.34. The van der Waals surface area contributed by atoms with E-state index in [0.717, 1.165) is 6.07 Å². The second-order valence-electron chi connectivity index (χ2n) is 4.18. The van der Waals surface area contributed by atoms with Crippen LogP contribution in [0.2, 0.25) is 0 Å². The maximum absolute atomic E-state index is 12.9. The fourth-order valence-electron chi connectivity index (χ4n) is 1.62. The Kier molecular flexibility index (Phi) is 3.52. The van der Waals surface area contributed by atoms with E-state index in [1.807, 2.05) is 0 Å². The molecule has 1 aromatic carbocycles. The first-order chi connectivity index (χ1) is 9.29. The number of anilines is 1. The maximum Gasteiger partial charge on any atom is 0.419 e. The van der Waals surface area contributed by atoms with Crippen LogP contribution < -0.4 is 10.5 Å². The maximum atomic E-state index is 12.9. The van der Waals surface area contributed by atoms with Crippen LogP contribution in [-0.4, -0.2) is 9.97 Å². The van der Waals surface area contributed by atoms with Gasteiger partial charge in [-0.05, 0) is 26.0 Å². The standard InChI is InChI=1S/C13H12F3N3O/c1-7-11(17)18-8(2)19-12(7)20-10-6-4-3-5-9(10)13(14,15)16/h3-6H,1-2H3,(H2,17,18,19). The molecule has 2 aromatic rings. The molecule has 0 unspecified atom stereocenters. The van der Waals surface area contributed by atoms with E-state index >= 15 is 0 Å². The van der Waals surface area contributed by atoms with Crippen LogP contribution in [0.25, 0.3) is 0 Å². The normalized spacial score (nSPS) is 11.4. The number of para-hydroxylation sites is 1. The molecule has 2 N–H and O–H groups in total. The minimum Gasteiger partial charge on any atom is -0.438 e. The van der Waals surface area contributed by atoms with Gasteiger partial charge in [0.1, 0.15) is 17.4 Å². The zero-order valence-electron chi connectivity index (χ0n) is 10.8. The molecule has 20 heavy (non-hydrogen) atoms. The number of halogens is 3. The van der Waals surface area contributed by atoms with Crippen LogP contribution in [0.1, 0.15) is 17.0 Å². The summed E-state index contributed by atoms with van der Waals surface area (Å²) in [5.41, 5.74) is 5.18. The lowest BCUT2D eigenvalue weighted by atomic mass is 10.2. The second kappa shape index (κ2) is 4.99. The Morgan fingerprint density at radius 3 is 2.40 bits per heavy atom. The summed E-state index contributed by atoms with van der Waals surface area (Å²) in [6.07, 6.45) is -4.50. The molecule has 0 saturated heterocycles. The average molecular weight is 283 g/mol. The van der Waals surface area contributed by atoms with E-state index in [1.165, 1.54) is 18.2 Å². The van der Waals surface area contributed by atoms with E-state index in [-0.39, 0.29) is 17.4 Å². The number of hydrogen-bond acceptors (Lipinski definition) is 4. The van der Waals surface area contributed by atoms with E-state index in [2.05, 4.69) is 9.97 Å². The molecule has 7 heteroatoms. The smallest absolute Gasteiger partial charge is 0.419 e. The molecule has 0 bridgehead atoms. The first-order valence-electron chi connectivity index (χ1n) is 5.74. The van der Waals surface area contributed by atoms with E-state index in [1.54, 1.807) is 13.8 Å². The van der Waals surface area contributed by atoms with Gasteiger partial charge >= 0.3 is 6.18 Å². The molecular weight excluding hydrogens is 271 g/mol. The first-order valence-corrected chi connectivity index (χ1v) is 5.74. The summed E-state index contributed by atoms with van der Waals surface area (Å²) < 4.78 is 43.9. The number of nitrogens with two attached hydrogens (primary N) is 1. The number of hydrogen-bond donors (Lipinski definition) is 1. The van der Waals surface area contributed by atoms with Crippen molar-refractivity contribution in [2.24, 2.45) is 0 Å². The number of rotatable bonds is 2. The van der Waals surface area contributed by atoms with Crippen LogP contribution in [0, 0.1) is 13.8 Å². The number of nitrogen functional groups attached to an aromatic ring is 1. The topological polar surface area (TPSA) is 61.0 Å². The number of nitrogens with zero attached hydrogens (tertiary/aromatic N) is 2. The van der Waals surface area contributed by atoms with Crippen LogP contribution in [-0.2, 0) is 6.18 Å². The van der Waals surface area contributed by atoms with Crippen molar-refractivity contribution < 1.29 is 17.9 Å². The lowest BCUT2D eigenvalue weighted by molar-refractivity contribution is -0.138. The molecule has 106 valence electrons. The Morgan fingerprint density at radius 1 is 1.10 bits per heavy atom. The highest BCUT2D eigenvalue weighted by atomic mass is 19.4. The Bertz CT molecular complexity index is 641. The summed E-state index contributed by atoms with van der Waals surface area (Å²) >= 11 is 0. The predicted molar refractivity (Wildman–Crippen MR) is 67.4 cm³/mol. The van der Waals surface area contributed by atoms with Crippen molar-refractivity contribution in [3.63, 3.8) is 0 Å². The number of ether oxygens (including phenoxy) is 1. The summed E-state index contributed by atoms with van der Waals surface area (Å²) in [6.45, 7) is 3.17. The minimum atomic E-state index is -4.50. The summed E-state index contributed by atoms with van der Waals surface area (Å²) in [4.78, 5) is 7.88. The molecule has 0 atom stereocenters. The largest absolute Gasteiger partial charge is 0.438 e. The Balaban J connectivity index is 2.46. The van der Waals surface area contributed by atoms with Crippen molar-refractivity contribution in [3.05, 3.63) is 41.2 Å². The molecule has 0 saturated carbocycles. The van der Waals surface area contributed by atoms with Gasteiger partial charge in [-0.1, -0.05) is 12.1 Å². The molecule has 0 fully saturated rings. The van der Waals surface area contributed by atoms with Gasteiger partial charge in [0.15, 0.2) is 0 Å². The number of aryl methyl sites for hydroxylation is 1. The van der Waals surface area contributed by atoms with Crippen LogP contribution in [0.15, 0.2) is 24.3 Å². The molecule has 0 radical (unpaired) electrons. The van der Waals surface area contributed by atoms with Gasteiger partial charge in [-0.15, -0.1) is 0 Å². The van der Waals surface area contributed by atoms with Gasteiger partial charge in [-0.3, -0.25) is 0 Å². The molecule has 0 spiro atoms. The Hall–Kier alpha value is -2.31. The van der Waals surface area contributed by atoms with E-state index < -0.39 is 11.7 Å². The molecule has 2 rings (SSSR count). The van der Waals surface area contributed by atoms with Crippen LogP contribution in [0.5, 0.6) is 11.6 Å². The fraction of sp³-hybridized carbons (Fsp3) is 0.231. The molecule has 1 heterocycles. The third-order valence-corrected chi connectivity index (χ3v) is 2.65. The zero-order valence-corrected chi connectivity index (χ0v) is 10.8. The molecule has 0 aliphatic heterocycles. The lowest BCUT2D eigenvalue weighted by Gasteiger charge is -2.14. The van der Waals surface area contributed by atoms with Crippen molar-refractivity contribution in [1.82, 2.24) is 9.97 Å². The molecule has 0 amide bonds. The van der Waals surface area contributed by atoms with Crippen LogP contribution in [0.4, 0.5) is 19.0 Å². The van der Waals surface area contributed by atoms with Crippen molar-refractivity contribution >= 4 is 5.82 Å². The van der Waals surface area contributed by atoms with Crippen molar-refractivity contribution in [3.8, 4) is 11.6 Å². The number of benzene rings is 1. The summed E-state index contributed by atoms with van der Waals surface area (Å²) in [7, 11) is 0. The highest BCUT2D eigenvalue weighted by molar-refractivity contribution is 5.47. The SMILES string of the molecule is Cc1nc(N)c(C)c(Oc2ccccc2C(F)(F)F)n1. The van der Waals surface area contributed by atoms with Crippen molar-refractivity contribution in [2.45, 2.75) is 20.0 Å². The van der Waals surface area contributed by atoms with E-state index in [4.69, 9.17) is 10.5 Å². The van der Waals surface area contributed by atoms with Crippen LogP contribution in [0.3, 0.4) is 0 Å². The quantitative estimate of drug-likeness (QED) is 0.916. The van der Waals surface area contributed by atoms with Gasteiger partial charge < -0.3 is 10.5 Å². The van der Waals surface area contributed by atoms with Gasteiger partial charge in [-0.2, -0.15) is 18.2 Å². The second-order valence-corrected chi connectivity index (χ2v) is 4.18. The van der Waals surface area contributed by atoms with E-state index in [0.29, 0.717) is 11.4 Å². The monoisotopic (exact) mass is 283 g/mol. The lowest BCUT2D eigenvalue weighted by Crippen LogP contribution is -2.08. The Labute approximate surface area is 113 Å². The predicted octanol–water partition coefficient (Wildman–Crippen LogP) is 3.49. The zero-order chi connectivity index (χ0) is 14.9. The number of aromatic nitrogens is 2. The van der Waals surface area contributed by atoms with Crippen LogP contribution >= 0.6 is 0 Å². The van der Waals surface area contributed by atoms with Crippen molar-refractivity contribution in [2.75, 3.05) is 5.73 Å². The summed E-state index contributed by atoms with van der Waals surface area (Å²) in [5, 5.41) is 0. The third-order valence-electron chi connectivity index (χ3n) is 2.65. The average Bonchev–Trinajstić information content (AvgIpc) is 2.34. The molecule has 4 nitrogen and oxygen atoms in total. The highest BCUT2D eigenvalue weighted by Crippen LogP contribution is 2.38. The van der Waals surface area contributed by atoms with Gasteiger partial charge in [-0.25, -0.2) is 4.98 Å². The van der Waals surface area contributed by atoms with Crippen molar-refractivity contribution in [1.29, 1.82) is 0 Å². The fourth-order valence-corrected chi connectivity index (χ4v) is 1.62. The first kappa shape index (κ1) is 14.1. The van der Waals surface area contributed by atoms with Gasteiger partial charge in [0.2, 0.25) is 5.88 Å². The molecular formula is C13H12F3N3O. The Morgan fingerprint density at radius 2 is 1.75 bits per heavy atom. The van der Waals surface area contributed by atoms with Gasteiger partial charge in [0, 0.05) is 0 Å². The van der Waals surface area contributed by atoms with Gasteiger partial charge in [0.05, 0.1) is 11.1 Å². The summed E-state index contributed by atoms with van der Waals surface area (Å²) in [6, 6.07) is 4.93. The molecule has 1 aromatic heterocycles. The molecule has 0 aliphatic rings. The van der Waals surface area contributed by atoms with Gasteiger partial charge in [0.25, 0.3) is 0 Å².